The molecule has 1 spiro atoms. The van der Waals surface area contributed by atoms with E-state index in [4.69, 9.17) is 4.74 Å². The smallest absolute Gasteiger partial charge is 0.309 e. The fourth-order valence-corrected chi connectivity index (χ4v) is 2.40. The van der Waals surface area contributed by atoms with Crippen molar-refractivity contribution in [2.45, 2.75) is 26.2 Å². The van der Waals surface area contributed by atoms with E-state index in [1.54, 1.807) is 0 Å². The topological polar surface area (TPSA) is 38.3 Å². The Bertz CT molecular complexity index is 209. The first-order valence-electron chi connectivity index (χ1n) is 5.16. The molecule has 2 fully saturated rings. The number of esters is 1. The summed E-state index contributed by atoms with van der Waals surface area (Å²) in [5.41, 5.74) is 0.331. The normalized spacial score (nSPS) is 30.1. The Morgan fingerprint density at radius 1 is 1.54 bits per heavy atom. The average molecular weight is 183 g/mol. The summed E-state index contributed by atoms with van der Waals surface area (Å²) < 4.78 is 5.03. The van der Waals surface area contributed by atoms with Gasteiger partial charge in [-0.3, -0.25) is 4.79 Å². The van der Waals surface area contributed by atoms with E-state index in [9.17, 15) is 4.79 Å². The summed E-state index contributed by atoms with van der Waals surface area (Å²) in [5.74, 6) is 0.249. The molecule has 1 aliphatic carbocycles. The van der Waals surface area contributed by atoms with Gasteiger partial charge in [-0.05, 0) is 44.7 Å². The first-order chi connectivity index (χ1) is 6.28. The molecule has 1 aliphatic heterocycles. The fourth-order valence-electron chi connectivity index (χ4n) is 2.40. The standard InChI is InChI=1S/C10H17NO2/c1-2-13-9(12)8-7-10(8)3-5-11-6-4-10/h8,11H,2-7H2,1H3/t8-/m0/s1. The van der Waals surface area contributed by atoms with Crippen LogP contribution in [0.1, 0.15) is 26.2 Å². The van der Waals surface area contributed by atoms with Crippen LogP contribution in [0.2, 0.25) is 0 Å². The highest BCUT2D eigenvalue weighted by molar-refractivity contribution is 5.77. The summed E-state index contributed by atoms with van der Waals surface area (Å²) >= 11 is 0. The summed E-state index contributed by atoms with van der Waals surface area (Å²) in [7, 11) is 0. The van der Waals surface area contributed by atoms with E-state index >= 15 is 0 Å². The van der Waals surface area contributed by atoms with Gasteiger partial charge in [-0.2, -0.15) is 0 Å². The molecule has 1 saturated heterocycles. The maximum atomic E-state index is 11.4. The van der Waals surface area contributed by atoms with Crippen LogP contribution < -0.4 is 5.32 Å². The van der Waals surface area contributed by atoms with Gasteiger partial charge in [0.2, 0.25) is 0 Å². The predicted molar refractivity (Wildman–Crippen MR) is 49.3 cm³/mol. The van der Waals surface area contributed by atoms with Crippen molar-refractivity contribution in [2.75, 3.05) is 19.7 Å². The number of nitrogens with one attached hydrogen (secondary N) is 1. The summed E-state index contributed by atoms with van der Waals surface area (Å²) in [6.45, 7) is 4.52. The molecular formula is C10H17NO2. The molecule has 3 heteroatoms. The van der Waals surface area contributed by atoms with Gasteiger partial charge in [0.1, 0.15) is 0 Å². The maximum absolute atomic E-state index is 11.4. The lowest BCUT2D eigenvalue weighted by atomic mass is 9.92. The molecule has 0 amide bonds. The first-order valence-corrected chi connectivity index (χ1v) is 5.16. The van der Waals surface area contributed by atoms with Gasteiger partial charge >= 0.3 is 5.97 Å². The fraction of sp³-hybridized carbons (Fsp3) is 0.900. The van der Waals surface area contributed by atoms with E-state index in [1.807, 2.05) is 6.92 Å². The lowest BCUT2D eigenvalue weighted by Crippen LogP contribution is -2.31. The van der Waals surface area contributed by atoms with Gasteiger partial charge in [-0.1, -0.05) is 0 Å². The molecule has 13 heavy (non-hydrogen) atoms. The van der Waals surface area contributed by atoms with E-state index in [0.717, 1.165) is 32.4 Å². The van der Waals surface area contributed by atoms with Gasteiger partial charge < -0.3 is 10.1 Å². The van der Waals surface area contributed by atoms with E-state index in [1.165, 1.54) is 0 Å². The zero-order chi connectivity index (χ0) is 9.31. The van der Waals surface area contributed by atoms with E-state index < -0.39 is 0 Å². The molecule has 2 rings (SSSR count). The highest BCUT2D eigenvalue weighted by Crippen LogP contribution is 2.58. The van der Waals surface area contributed by atoms with E-state index in [2.05, 4.69) is 5.32 Å². The number of hydrogen-bond acceptors (Lipinski definition) is 3. The van der Waals surface area contributed by atoms with Gasteiger partial charge in [0, 0.05) is 0 Å². The van der Waals surface area contributed by atoms with Gasteiger partial charge in [0.15, 0.2) is 0 Å². The molecule has 2 aliphatic rings. The summed E-state index contributed by atoms with van der Waals surface area (Å²) in [4.78, 5) is 11.4. The molecule has 1 atom stereocenters. The van der Waals surface area contributed by atoms with E-state index in [0.29, 0.717) is 12.0 Å². The van der Waals surface area contributed by atoms with Crippen LogP contribution in [0, 0.1) is 11.3 Å². The molecule has 0 radical (unpaired) electrons. The minimum atomic E-state index is 0.0319. The Balaban J connectivity index is 1.88. The second-order valence-electron chi connectivity index (χ2n) is 4.12. The highest BCUT2D eigenvalue weighted by Gasteiger charge is 2.58. The summed E-state index contributed by atoms with van der Waals surface area (Å²) in [6, 6.07) is 0. The number of rotatable bonds is 2. The third-order valence-electron chi connectivity index (χ3n) is 3.36. The third kappa shape index (κ3) is 1.57. The number of carbonyl (C=O) groups excluding carboxylic acids is 1. The largest absolute Gasteiger partial charge is 0.466 e. The Labute approximate surface area is 78.8 Å². The van der Waals surface area contributed by atoms with Crippen LogP contribution in [-0.2, 0) is 9.53 Å². The number of carbonyl (C=O) groups is 1. The highest BCUT2D eigenvalue weighted by atomic mass is 16.5. The lowest BCUT2D eigenvalue weighted by Gasteiger charge is -2.22. The Hall–Kier alpha value is -0.570. The van der Waals surface area contributed by atoms with Crippen LogP contribution in [0.25, 0.3) is 0 Å². The lowest BCUT2D eigenvalue weighted by molar-refractivity contribution is -0.145. The molecule has 0 aromatic heterocycles. The number of piperidine rings is 1. The maximum Gasteiger partial charge on any atom is 0.309 e. The van der Waals surface area contributed by atoms with Crippen molar-refractivity contribution >= 4 is 5.97 Å². The Kier molecular flexibility index (Phi) is 2.28. The monoisotopic (exact) mass is 183 g/mol. The van der Waals surface area contributed by atoms with Crippen LogP contribution in [0.15, 0.2) is 0 Å². The quantitative estimate of drug-likeness (QED) is 0.647. The molecule has 0 aromatic rings. The minimum absolute atomic E-state index is 0.0319. The van der Waals surface area contributed by atoms with Gasteiger partial charge in [0.05, 0.1) is 12.5 Å². The van der Waals surface area contributed by atoms with Gasteiger partial charge in [-0.15, -0.1) is 0 Å². The van der Waals surface area contributed by atoms with Crippen molar-refractivity contribution < 1.29 is 9.53 Å². The van der Waals surface area contributed by atoms with Crippen molar-refractivity contribution in [1.29, 1.82) is 0 Å². The first kappa shape index (κ1) is 9.00. The van der Waals surface area contributed by atoms with Gasteiger partial charge in [0.25, 0.3) is 0 Å². The second-order valence-corrected chi connectivity index (χ2v) is 4.12. The zero-order valence-electron chi connectivity index (χ0n) is 8.14. The van der Waals surface area contributed by atoms with Crippen molar-refractivity contribution in [3.05, 3.63) is 0 Å². The zero-order valence-corrected chi connectivity index (χ0v) is 8.14. The predicted octanol–water partition coefficient (Wildman–Crippen LogP) is 0.939. The molecule has 1 heterocycles. The van der Waals surface area contributed by atoms with Crippen molar-refractivity contribution in [3.63, 3.8) is 0 Å². The van der Waals surface area contributed by atoms with Crippen LogP contribution in [-0.4, -0.2) is 25.7 Å². The van der Waals surface area contributed by atoms with Crippen LogP contribution in [0.3, 0.4) is 0 Å². The molecule has 0 unspecified atom stereocenters. The van der Waals surface area contributed by atoms with Crippen LogP contribution in [0.4, 0.5) is 0 Å². The molecule has 74 valence electrons. The molecule has 0 bridgehead atoms. The van der Waals surface area contributed by atoms with Crippen molar-refractivity contribution in [2.24, 2.45) is 11.3 Å². The van der Waals surface area contributed by atoms with E-state index in [-0.39, 0.29) is 11.9 Å². The number of hydrogen-bond donors (Lipinski definition) is 1. The Morgan fingerprint density at radius 3 is 2.85 bits per heavy atom. The van der Waals surface area contributed by atoms with Crippen molar-refractivity contribution in [1.82, 2.24) is 5.32 Å². The number of ether oxygens (including phenoxy) is 1. The van der Waals surface area contributed by atoms with Gasteiger partial charge in [-0.25, -0.2) is 0 Å². The van der Waals surface area contributed by atoms with Crippen LogP contribution >= 0.6 is 0 Å². The van der Waals surface area contributed by atoms with Crippen LogP contribution in [0.5, 0.6) is 0 Å². The third-order valence-corrected chi connectivity index (χ3v) is 3.36. The second kappa shape index (κ2) is 3.29. The average Bonchev–Trinajstić information content (AvgIpc) is 2.81. The van der Waals surface area contributed by atoms with Crippen molar-refractivity contribution in [3.8, 4) is 0 Å². The molecule has 1 N–H and O–H groups in total. The molecule has 0 aromatic carbocycles. The molecule has 1 saturated carbocycles. The summed E-state index contributed by atoms with van der Waals surface area (Å²) in [6.07, 6.45) is 3.36. The Morgan fingerprint density at radius 2 is 2.23 bits per heavy atom. The molecular weight excluding hydrogens is 166 g/mol. The minimum Gasteiger partial charge on any atom is -0.466 e. The summed E-state index contributed by atoms with van der Waals surface area (Å²) in [5, 5.41) is 3.32. The SMILES string of the molecule is CCOC(=O)[C@@H]1CC12CCNCC2. The molecule has 3 nitrogen and oxygen atoms in total.